The van der Waals surface area contributed by atoms with Gasteiger partial charge in [0.25, 0.3) is 0 Å². The molecule has 0 aliphatic carbocycles. The van der Waals surface area contributed by atoms with Gasteiger partial charge in [0.2, 0.25) is 5.91 Å². The van der Waals surface area contributed by atoms with Crippen LogP contribution < -0.4 is 10.2 Å². The van der Waals surface area contributed by atoms with Crippen LogP contribution in [0.2, 0.25) is 0 Å². The van der Waals surface area contributed by atoms with Gasteiger partial charge in [0.15, 0.2) is 0 Å². The third-order valence-corrected chi connectivity index (χ3v) is 3.51. The van der Waals surface area contributed by atoms with E-state index >= 15 is 0 Å². The van der Waals surface area contributed by atoms with Crippen molar-refractivity contribution in [2.75, 3.05) is 24.5 Å². The van der Waals surface area contributed by atoms with Gasteiger partial charge in [-0.2, -0.15) is 0 Å². The summed E-state index contributed by atoms with van der Waals surface area (Å²) in [4.78, 5) is 14.0. The van der Waals surface area contributed by atoms with E-state index in [0.717, 1.165) is 25.3 Å². The Labute approximate surface area is 109 Å². The summed E-state index contributed by atoms with van der Waals surface area (Å²) in [6.45, 7) is 4.91. The van der Waals surface area contributed by atoms with E-state index in [1.807, 2.05) is 42.2 Å². The second kappa shape index (κ2) is 6.55. The minimum absolute atomic E-state index is 0.215. The molecule has 0 aromatic heterocycles. The van der Waals surface area contributed by atoms with Crippen molar-refractivity contribution in [2.24, 2.45) is 5.92 Å². The number of hydrogen-bond donors (Lipinski definition) is 1. The lowest BCUT2D eigenvalue weighted by molar-refractivity contribution is -0.118. The van der Waals surface area contributed by atoms with Gasteiger partial charge in [-0.05, 0) is 44.0 Å². The fraction of sp³-hybridized carbons (Fsp3) is 0.533. The number of hydrogen-bond acceptors (Lipinski definition) is 2. The number of nitrogens with one attached hydrogen (secondary N) is 1. The SMILES string of the molecule is CCC(=O)N(C[C@@H]1CCCNC1)c1ccccc1. The van der Waals surface area contributed by atoms with Crippen LogP contribution in [-0.4, -0.2) is 25.5 Å². The maximum Gasteiger partial charge on any atom is 0.226 e. The van der Waals surface area contributed by atoms with Crippen LogP contribution >= 0.6 is 0 Å². The number of anilines is 1. The van der Waals surface area contributed by atoms with E-state index in [4.69, 9.17) is 0 Å². The molecule has 1 aliphatic heterocycles. The zero-order chi connectivity index (χ0) is 12.8. The summed E-state index contributed by atoms with van der Waals surface area (Å²) in [6, 6.07) is 10.0. The molecule has 0 saturated carbocycles. The first-order chi connectivity index (χ1) is 8.81. The third-order valence-electron chi connectivity index (χ3n) is 3.51. The summed E-state index contributed by atoms with van der Waals surface area (Å²) in [7, 11) is 0. The lowest BCUT2D eigenvalue weighted by Gasteiger charge is -2.30. The molecule has 1 aromatic rings. The highest BCUT2D eigenvalue weighted by Crippen LogP contribution is 2.19. The normalized spacial score (nSPS) is 19.5. The molecule has 1 aliphatic rings. The van der Waals surface area contributed by atoms with Crippen LogP contribution in [0.3, 0.4) is 0 Å². The van der Waals surface area contributed by atoms with Gasteiger partial charge in [-0.1, -0.05) is 25.1 Å². The van der Waals surface area contributed by atoms with E-state index in [1.54, 1.807) is 0 Å². The van der Waals surface area contributed by atoms with Gasteiger partial charge in [0.1, 0.15) is 0 Å². The quantitative estimate of drug-likeness (QED) is 0.885. The first-order valence-electron chi connectivity index (χ1n) is 6.87. The van der Waals surface area contributed by atoms with Gasteiger partial charge in [0, 0.05) is 18.7 Å². The van der Waals surface area contributed by atoms with Crippen molar-refractivity contribution in [2.45, 2.75) is 26.2 Å². The summed E-state index contributed by atoms with van der Waals surface area (Å²) < 4.78 is 0. The summed E-state index contributed by atoms with van der Waals surface area (Å²) in [5.41, 5.74) is 1.02. The van der Waals surface area contributed by atoms with Crippen molar-refractivity contribution < 1.29 is 4.79 Å². The highest BCUT2D eigenvalue weighted by atomic mass is 16.2. The number of piperidine rings is 1. The van der Waals surface area contributed by atoms with Crippen LogP contribution in [0.4, 0.5) is 5.69 Å². The van der Waals surface area contributed by atoms with Crippen molar-refractivity contribution in [3.63, 3.8) is 0 Å². The summed E-state index contributed by atoms with van der Waals surface area (Å²) in [5, 5.41) is 3.41. The van der Waals surface area contributed by atoms with Crippen LogP contribution in [0.5, 0.6) is 0 Å². The Morgan fingerprint density at radius 2 is 2.17 bits per heavy atom. The molecule has 1 fully saturated rings. The van der Waals surface area contributed by atoms with Crippen LogP contribution in [0.15, 0.2) is 30.3 Å². The molecular formula is C15H22N2O. The molecule has 3 heteroatoms. The third kappa shape index (κ3) is 3.33. The molecule has 1 heterocycles. The zero-order valence-corrected chi connectivity index (χ0v) is 11.1. The minimum atomic E-state index is 0.215. The molecule has 1 saturated heterocycles. The van der Waals surface area contributed by atoms with Gasteiger partial charge < -0.3 is 10.2 Å². The molecule has 3 nitrogen and oxygen atoms in total. The average Bonchev–Trinajstić information content (AvgIpc) is 2.46. The van der Waals surface area contributed by atoms with Gasteiger partial charge in [-0.3, -0.25) is 4.79 Å². The standard InChI is InChI=1S/C15H22N2O/c1-2-15(18)17(14-8-4-3-5-9-14)12-13-7-6-10-16-11-13/h3-5,8-9,13,16H,2,6-7,10-12H2,1H3/t13-/m1/s1. The number of carbonyl (C=O) groups is 1. The fourth-order valence-corrected chi connectivity index (χ4v) is 2.49. The molecule has 98 valence electrons. The molecule has 1 N–H and O–H groups in total. The summed E-state index contributed by atoms with van der Waals surface area (Å²) >= 11 is 0. The van der Waals surface area contributed by atoms with E-state index in [1.165, 1.54) is 12.8 Å². The number of rotatable bonds is 4. The van der Waals surface area contributed by atoms with Gasteiger partial charge in [-0.25, -0.2) is 0 Å². The topological polar surface area (TPSA) is 32.3 Å². The lowest BCUT2D eigenvalue weighted by atomic mass is 9.98. The minimum Gasteiger partial charge on any atom is -0.316 e. The molecule has 1 amide bonds. The first-order valence-corrected chi connectivity index (χ1v) is 6.87. The Kier molecular flexibility index (Phi) is 4.76. The Morgan fingerprint density at radius 1 is 1.39 bits per heavy atom. The maximum atomic E-state index is 12.1. The van der Waals surface area contributed by atoms with Crippen LogP contribution in [-0.2, 0) is 4.79 Å². The molecular weight excluding hydrogens is 224 g/mol. The van der Waals surface area contributed by atoms with Gasteiger partial charge >= 0.3 is 0 Å². The summed E-state index contributed by atoms with van der Waals surface area (Å²) in [6.07, 6.45) is 3.00. The monoisotopic (exact) mass is 246 g/mol. The second-order valence-electron chi connectivity index (χ2n) is 4.91. The summed E-state index contributed by atoms with van der Waals surface area (Å²) in [5.74, 6) is 0.793. The molecule has 0 radical (unpaired) electrons. The van der Waals surface area contributed by atoms with Crippen molar-refractivity contribution in [1.82, 2.24) is 5.32 Å². The Bertz CT molecular complexity index is 371. The first kappa shape index (κ1) is 13.1. The average molecular weight is 246 g/mol. The molecule has 2 rings (SSSR count). The van der Waals surface area contributed by atoms with E-state index in [0.29, 0.717) is 12.3 Å². The number of para-hydroxylation sites is 1. The fourth-order valence-electron chi connectivity index (χ4n) is 2.49. The van der Waals surface area contributed by atoms with Crippen molar-refractivity contribution >= 4 is 11.6 Å². The Morgan fingerprint density at radius 3 is 2.78 bits per heavy atom. The number of nitrogens with zero attached hydrogens (tertiary/aromatic N) is 1. The second-order valence-corrected chi connectivity index (χ2v) is 4.91. The predicted octanol–water partition coefficient (Wildman–Crippen LogP) is 2.43. The highest BCUT2D eigenvalue weighted by molar-refractivity contribution is 5.93. The number of carbonyl (C=O) groups excluding carboxylic acids is 1. The predicted molar refractivity (Wildman–Crippen MR) is 74.7 cm³/mol. The van der Waals surface area contributed by atoms with Crippen LogP contribution in [0, 0.1) is 5.92 Å². The number of amides is 1. The van der Waals surface area contributed by atoms with Gasteiger partial charge in [0.05, 0.1) is 0 Å². The maximum absolute atomic E-state index is 12.1. The van der Waals surface area contributed by atoms with Crippen molar-refractivity contribution in [1.29, 1.82) is 0 Å². The van der Waals surface area contributed by atoms with E-state index in [2.05, 4.69) is 5.32 Å². The molecule has 18 heavy (non-hydrogen) atoms. The van der Waals surface area contributed by atoms with E-state index < -0.39 is 0 Å². The largest absolute Gasteiger partial charge is 0.316 e. The Hall–Kier alpha value is -1.35. The molecule has 0 spiro atoms. The van der Waals surface area contributed by atoms with Gasteiger partial charge in [-0.15, -0.1) is 0 Å². The van der Waals surface area contributed by atoms with Crippen molar-refractivity contribution in [3.8, 4) is 0 Å². The van der Waals surface area contributed by atoms with E-state index in [9.17, 15) is 4.79 Å². The zero-order valence-electron chi connectivity index (χ0n) is 11.1. The smallest absolute Gasteiger partial charge is 0.226 e. The van der Waals surface area contributed by atoms with Crippen molar-refractivity contribution in [3.05, 3.63) is 30.3 Å². The lowest BCUT2D eigenvalue weighted by Crippen LogP contribution is -2.41. The molecule has 1 atom stereocenters. The molecule has 0 unspecified atom stereocenters. The molecule has 0 bridgehead atoms. The highest BCUT2D eigenvalue weighted by Gasteiger charge is 2.20. The molecule has 1 aromatic carbocycles. The Balaban J connectivity index is 2.07. The van der Waals surface area contributed by atoms with Crippen LogP contribution in [0.1, 0.15) is 26.2 Å². The number of benzene rings is 1. The van der Waals surface area contributed by atoms with Crippen LogP contribution in [0.25, 0.3) is 0 Å². The van der Waals surface area contributed by atoms with E-state index in [-0.39, 0.29) is 5.91 Å².